The Morgan fingerprint density at radius 1 is 1.38 bits per heavy atom. The number of hydrogen-bond acceptors (Lipinski definition) is 4. The van der Waals surface area contributed by atoms with Crippen LogP contribution < -0.4 is 5.32 Å². The molecule has 1 aliphatic heterocycles. The maximum Gasteiger partial charge on any atom is 0.0547 e. The van der Waals surface area contributed by atoms with E-state index in [0.717, 1.165) is 44.2 Å². The van der Waals surface area contributed by atoms with E-state index in [0.29, 0.717) is 12.0 Å². The fourth-order valence-corrected chi connectivity index (χ4v) is 2.76. The molecule has 1 atom stereocenters. The van der Waals surface area contributed by atoms with Crippen LogP contribution in [0.1, 0.15) is 38.1 Å². The second kappa shape index (κ2) is 8.47. The normalized spacial score (nSPS) is 19.4. The fourth-order valence-electron chi connectivity index (χ4n) is 2.76. The Kier molecular flexibility index (Phi) is 6.61. The van der Waals surface area contributed by atoms with Crippen LogP contribution in [0.25, 0.3) is 0 Å². The van der Waals surface area contributed by atoms with Crippen LogP contribution in [-0.4, -0.2) is 42.7 Å². The van der Waals surface area contributed by atoms with Gasteiger partial charge in [-0.25, -0.2) is 0 Å². The van der Waals surface area contributed by atoms with Gasteiger partial charge in [-0.15, -0.1) is 0 Å². The Morgan fingerprint density at radius 2 is 2.19 bits per heavy atom. The van der Waals surface area contributed by atoms with Crippen LogP contribution >= 0.6 is 0 Å². The molecule has 2 heterocycles. The zero-order chi connectivity index (χ0) is 15.1. The summed E-state index contributed by atoms with van der Waals surface area (Å²) in [5, 5.41) is 3.42. The minimum atomic E-state index is 0.490. The molecule has 0 radical (unpaired) electrons. The van der Waals surface area contributed by atoms with Crippen LogP contribution in [-0.2, 0) is 17.8 Å². The molecule has 1 unspecified atom stereocenters. The molecule has 0 spiro atoms. The van der Waals surface area contributed by atoms with Gasteiger partial charge in [0.25, 0.3) is 0 Å². The Hall–Kier alpha value is -0.970. The van der Waals surface area contributed by atoms with Gasteiger partial charge in [0, 0.05) is 32.3 Å². The summed E-state index contributed by atoms with van der Waals surface area (Å²) in [7, 11) is 2.18. The third-order valence-corrected chi connectivity index (χ3v) is 3.81. The van der Waals surface area contributed by atoms with Crippen molar-refractivity contribution >= 4 is 0 Å². The molecule has 1 aromatic heterocycles. The fraction of sp³-hybridized carbons (Fsp3) is 0.706. The second-order valence-electron chi connectivity index (χ2n) is 6.44. The predicted molar refractivity (Wildman–Crippen MR) is 86.1 cm³/mol. The van der Waals surface area contributed by atoms with Crippen molar-refractivity contribution in [2.45, 2.75) is 45.8 Å². The van der Waals surface area contributed by atoms with Gasteiger partial charge in [-0.3, -0.25) is 4.98 Å². The van der Waals surface area contributed by atoms with Crippen LogP contribution in [0.3, 0.4) is 0 Å². The SMILES string of the molecule is CC(C)NCc1cccc(CN(C)CC2CCCOC2)n1. The van der Waals surface area contributed by atoms with E-state index in [1.165, 1.54) is 12.8 Å². The van der Waals surface area contributed by atoms with Crippen molar-refractivity contribution < 1.29 is 4.74 Å². The summed E-state index contributed by atoms with van der Waals surface area (Å²) in [5.74, 6) is 0.676. The number of pyridine rings is 1. The van der Waals surface area contributed by atoms with Crippen LogP contribution in [0.15, 0.2) is 18.2 Å². The topological polar surface area (TPSA) is 37.4 Å². The summed E-state index contributed by atoms with van der Waals surface area (Å²) in [5.41, 5.74) is 2.27. The Labute approximate surface area is 128 Å². The first kappa shape index (κ1) is 16.4. The zero-order valence-electron chi connectivity index (χ0n) is 13.6. The summed E-state index contributed by atoms with van der Waals surface area (Å²) in [6, 6.07) is 6.81. The smallest absolute Gasteiger partial charge is 0.0547 e. The van der Waals surface area contributed by atoms with Gasteiger partial charge >= 0.3 is 0 Å². The van der Waals surface area contributed by atoms with Gasteiger partial charge in [-0.1, -0.05) is 19.9 Å². The minimum absolute atomic E-state index is 0.490. The lowest BCUT2D eigenvalue weighted by Gasteiger charge is -2.27. The van der Waals surface area contributed by atoms with Gasteiger partial charge in [0.1, 0.15) is 0 Å². The quantitative estimate of drug-likeness (QED) is 0.837. The molecular formula is C17H29N3O. The molecule has 1 saturated heterocycles. The van der Waals surface area contributed by atoms with Crippen molar-refractivity contribution in [2.24, 2.45) is 5.92 Å². The Balaban J connectivity index is 1.82. The molecule has 1 aliphatic rings. The van der Waals surface area contributed by atoms with Crippen molar-refractivity contribution in [1.82, 2.24) is 15.2 Å². The van der Waals surface area contributed by atoms with Crippen molar-refractivity contribution in [2.75, 3.05) is 26.8 Å². The van der Waals surface area contributed by atoms with Gasteiger partial charge < -0.3 is 15.0 Å². The minimum Gasteiger partial charge on any atom is -0.381 e. The first-order chi connectivity index (χ1) is 10.1. The first-order valence-electron chi connectivity index (χ1n) is 8.08. The van der Waals surface area contributed by atoms with E-state index >= 15 is 0 Å². The largest absolute Gasteiger partial charge is 0.381 e. The number of aromatic nitrogens is 1. The molecular weight excluding hydrogens is 262 g/mol. The van der Waals surface area contributed by atoms with E-state index in [4.69, 9.17) is 9.72 Å². The molecule has 0 amide bonds. The van der Waals surface area contributed by atoms with Crippen LogP contribution in [0, 0.1) is 5.92 Å². The number of rotatable bonds is 7. The van der Waals surface area contributed by atoms with Crippen molar-refractivity contribution in [3.8, 4) is 0 Å². The molecule has 1 aromatic rings. The molecule has 1 N–H and O–H groups in total. The monoisotopic (exact) mass is 291 g/mol. The van der Waals surface area contributed by atoms with E-state index in [9.17, 15) is 0 Å². The average molecular weight is 291 g/mol. The van der Waals surface area contributed by atoms with Crippen molar-refractivity contribution in [1.29, 1.82) is 0 Å². The molecule has 0 aliphatic carbocycles. The number of nitrogens with one attached hydrogen (secondary N) is 1. The molecule has 1 fully saturated rings. The molecule has 4 heteroatoms. The van der Waals surface area contributed by atoms with Gasteiger partial charge in [0.15, 0.2) is 0 Å². The Bertz CT molecular complexity index is 416. The second-order valence-corrected chi connectivity index (χ2v) is 6.44. The van der Waals surface area contributed by atoms with Gasteiger partial charge in [0.05, 0.1) is 18.0 Å². The van der Waals surface area contributed by atoms with Crippen molar-refractivity contribution in [3.05, 3.63) is 29.6 Å². The maximum atomic E-state index is 5.56. The number of nitrogens with zero attached hydrogens (tertiary/aromatic N) is 2. The maximum absolute atomic E-state index is 5.56. The van der Waals surface area contributed by atoms with Crippen LogP contribution in [0.2, 0.25) is 0 Å². The molecule has 4 nitrogen and oxygen atoms in total. The molecule has 118 valence electrons. The summed E-state index contributed by atoms with van der Waals surface area (Å²) < 4.78 is 5.56. The van der Waals surface area contributed by atoms with E-state index in [1.807, 2.05) is 0 Å². The number of ether oxygens (including phenoxy) is 1. The third-order valence-electron chi connectivity index (χ3n) is 3.81. The standard InChI is InChI=1S/C17H29N3O/c1-14(2)18-10-16-7-4-8-17(19-16)12-20(3)11-15-6-5-9-21-13-15/h4,7-8,14-15,18H,5-6,9-13H2,1-3H3. The van der Waals surface area contributed by atoms with Crippen molar-refractivity contribution in [3.63, 3.8) is 0 Å². The van der Waals surface area contributed by atoms with E-state index in [-0.39, 0.29) is 0 Å². The molecule has 0 saturated carbocycles. The molecule has 21 heavy (non-hydrogen) atoms. The van der Waals surface area contributed by atoms with Crippen LogP contribution in [0.4, 0.5) is 0 Å². The first-order valence-corrected chi connectivity index (χ1v) is 8.08. The van der Waals surface area contributed by atoms with E-state index in [2.05, 4.69) is 49.3 Å². The lowest BCUT2D eigenvalue weighted by molar-refractivity contribution is 0.0410. The number of hydrogen-bond donors (Lipinski definition) is 1. The highest BCUT2D eigenvalue weighted by Gasteiger charge is 2.16. The van der Waals surface area contributed by atoms with Gasteiger partial charge in [-0.2, -0.15) is 0 Å². The third kappa shape index (κ3) is 6.12. The summed E-state index contributed by atoms with van der Waals surface area (Å²) in [6.07, 6.45) is 2.49. The molecule has 0 bridgehead atoms. The predicted octanol–water partition coefficient (Wildman–Crippen LogP) is 2.44. The Morgan fingerprint density at radius 3 is 2.90 bits per heavy atom. The van der Waals surface area contributed by atoms with E-state index < -0.39 is 0 Å². The molecule has 0 aromatic carbocycles. The van der Waals surface area contributed by atoms with E-state index in [1.54, 1.807) is 0 Å². The highest BCUT2D eigenvalue weighted by Crippen LogP contribution is 2.15. The highest BCUT2D eigenvalue weighted by atomic mass is 16.5. The van der Waals surface area contributed by atoms with Gasteiger partial charge in [0.2, 0.25) is 0 Å². The highest BCUT2D eigenvalue weighted by molar-refractivity contribution is 5.11. The van der Waals surface area contributed by atoms with Gasteiger partial charge in [-0.05, 0) is 37.9 Å². The summed E-state index contributed by atoms with van der Waals surface area (Å²) in [6.45, 7) is 9.00. The lowest BCUT2D eigenvalue weighted by atomic mass is 10.0. The summed E-state index contributed by atoms with van der Waals surface area (Å²) >= 11 is 0. The summed E-state index contributed by atoms with van der Waals surface area (Å²) in [4.78, 5) is 7.10. The zero-order valence-corrected chi connectivity index (χ0v) is 13.6. The average Bonchev–Trinajstić information content (AvgIpc) is 2.46. The van der Waals surface area contributed by atoms with Crippen LogP contribution in [0.5, 0.6) is 0 Å². The molecule has 2 rings (SSSR count). The lowest BCUT2D eigenvalue weighted by Crippen LogP contribution is -2.31.